The second kappa shape index (κ2) is 8.24. The van der Waals surface area contributed by atoms with Crippen molar-refractivity contribution in [2.45, 2.75) is 25.8 Å². The number of carbonyl (C=O) groups is 2. The first-order valence-corrected chi connectivity index (χ1v) is 10.8. The van der Waals surface area contributed by atoms with Gasteiger partial charge in [-0.25, -0.2) is 13.2 Å². The van der Waals surface area contributed by atoms with E-state index in [1.165, 1.54) is 13.2 Å². The Bertz CT molecular complexity index is 1120. The lowest BCUT2D eigenvalue weighted by Gasteiger charge is -2.12. The van der Waals surface area contributed by atoms with Crippen LogP contribution in [0.3, 0.4) is 0 Å². The highest BCUT2D eigenvalue weighted by atomic mass is 32.2. The molecule has 1 N–H and O–H groups in total. The maximum Gasteiger partial charge on any atom is 0.340 e. The van der Waals surface area contributed by atoms with Gasteiger partial charge in [0.05, 0.1) is 30.6 Å². The maximum absolute atomic E-state index is 12.2. The van der Waals surface area contributed by atoms with Crippen LogP contribution < -0.4 is 15.7 Å². The van der Waals surface area contributed by atoms with E-state index >= 15 is 0 Å². The number of sulfone groups is 1. The molecule has 9 nitrogen and oxygen atoms in total. The zero-order valence-corrected chi connectivity index (χ0v) is 16.8. The minimum Gasteiger partial charge on any atom is -0.484 e. The maximum atomic E-state index is 12.2. The fourth-order valence-electron chi connectivity index (χ4n) is 3.21. The molecular formula is C19H21NO8S. The van der Waals surface area contributed by atoms with Crippen molar-refractivity contribution in [3.8, 4) is 5.75 Å². The number of methoxy groups -OCH3 is 1. The van der Waals surface area contributed by atoms with Gasteiger partial charge in [0.25, 0.3) is 5.91 Å². The van der Waals surface area contributed by atoms with Crippen molar-refractivity contribution in [3.05, 3.63) is 39.7 Å². The van der Waals surface area contributed by atoms with Crippen LogP contribution >= 0.6 is 0 Å². The largest absolute Gasteiger partial charge is 0.484 e. The quantitative estimate of drug-likeness (QED) is 0.525. The van der Waals surface area contributed by atoms with E-state index in [0.717, 1.165) is 0 Å². The van der Waals surface area contributed by atoms with Crippen LogP contribution in [0.1, 0.15) is 17.5 Å². The number of aryl methyl sites for hydroxylation is 1. The molecule has 1 aliphatic rings. The molecule has 1 aliphatic heterocycles. The third kappa shape index (κ3) is 4.94. The van der Waals surface area contributed by atoms with Crippen LogP contribution in [0.4, 0.5) is 0 Å². The highest BCUT2D eigenvalue weighted by Crippen LogP contribution is 2.24. The first-order valence-electron chi connectivity index (χ1n) is 8.94. The Morgan fingerprint density at radius 2 is 2.07 bits per heavy atom. The Morgan fingerprint density at radius 3 is 2.72 bits per heavy atom. The number of carbonyl (C=O) groups excluding carboxylic acids is 2. The molecule has 29 heavy (non-hydrogen) atoms. The topological polar surface area (TPSA) is 129 Å². The van der Waals surface area contributed by atoms with Gasteiger partial charge in [0, 0.05) is 17.5 Å². The molecule has 3 rings (SSSR count). The molecule has 0 aliphatic carbocycles. The lowest BCUT2D eigenvalue weighted by molar-refractivity contribution is -0.139. The Balaban J connectivity index is 1.70. The van der Waals surface area contributed by atoms with Gasteiger partial charge in [-0.15, -0.1) is 0 Å². The molecule has 2 heterocycles. The summed E-state index contributed by atoms with van der Waals surface area (Å²) in [6.45, 7) is 1.41. The van der Waals surface area contributed by atoms with Gasteiger partial charge in [0.15, 0.2) is 16.4 Å². The lowest BCUT2D eigenvalue weighted by Crippen LogP contribution is -2.38. The molecule has 0 unspecified atom stereocenters. The van der Waals surface area contributed by atoms with Gasteiger partial charge < -0.3 is 19.2 Å². The second-order valence-corrected chi connectivity index (χ2v) is 9.09. The third-order valence-corrected chi connectivity index (χ3v) is 6.54. The van der Waals surface area contributed by atoms with Crippen LogP contribution in [0, 0.1) is 6.92 Å². The van der Waals surface area contributed by atoms with Crippen LogP contribution in [-0.2, 0) is 30.6 Å². The number of amides is 1. The molecule has 1 aromatic heterocycles. The summed E-state index contributed by atoms with van der Waals surface area (Å²) in [4.78, 5) is 35.7. The molecule has 156 valence electrons. The van der Waals surface area contributed by atoms with Crippen molar-refractivity contribution in [1.29, 1.82) is 0 Å². The van der Waals surface area contributed by atoms with Crippen molar-refractivity contribution < 1.29 is 31.9 Å². The number of benzene rings is 1. The summed E-state index contributed by atoms with van der Waals surface area (Å²) >= 11 is 0. The molecule has 1 aromatic carbocycles. The fourth-order valence-corrected chi connectivity index (χ4v) is 4.89. The predicted octanol–water partition coefficient (Wildman–Crippen LogP) is 0.499. The standard InChI is InChI=1S/C19H21NO8S/c1-11-14-4-3-13(7-16(14)28-19(23)15(11)8-18(22)26-2)27-9-17(21)20-12-5-6-29(24,25)10-12/h3-4,7,12H,5-6,8-10H2,1-2H3,(H,20,21)/t12-/m0/s1. The van der Waals surface area contributed by atoms with Gasteiger partial charge in [-0.3, -0.25) is 9.59 Å². The van der Waals surface area contributed by atoms with Crippen LogP contribution in [0.5, 0.6) is 5.75 Å². The van der Waals surface area contributed by atoms with Crippen LogP contribution in [0.25, 0.3) is 11.0 Å². The van der Waals surface area contributed by atoms with E-state index in [2.05, 4.69) is 10.1 Å². The summed E-state index contributed by atoms with van der Waals surface area (Å²) in [6, 6.07) is 4.37. The number of nitrogens with one attached hydrogen (secondary N) is 1. The lowest BCUT2D eigenvalue weighted by atomic mass is 10.0. The first kappa shape index (κ1) is 20.8. The Labute approximate surface area is 166 Å². The molecule has 1 saturated heterocycles. The molecule has 1 amide bonds. The van der Waals surface area contributed by atoms with E-state index < -0.39 is 33.4 Å². The normalized spacial score (nSPS) is 17.8. The molecule has 1 atom stereocenters. The monoisotopic (exact) mass is 423 g/mol. The third-order valence-electron chi connectivity index (χ3n) is 4.78. The van der Waals surface area contributed by atoms with Crippen molar-refractivity contribution in [3.63, 3.8) is 0 Å². The zero-order valence-electron chi connectivity index (χ0n) is 16.0. The van der Waals surface area contributed by atoms with E-state index in [1.54, 1.807) is 19.1 Å². The van der Waals surface area contributed by atoms with E-state index in [4.69, 9.17) is 9.15 Å². The van der Waals surface area contributed by atoms with Crippen molar-refractivity contribution in [1.82, 2.24) is 5.32 Å². The molecule has 10 heteroatoms. The molecule has 1 fully saturated rings. The highest BCUT2D eigenvalue weighted by molar-refractivity contribution is 7.91. The van der Waals surface area contributed by atoms with Gasteiger partial charge in [-0.05, 0) is 31.0 Å². The first-order chi connectivity index (χ1) is 13.7. The van der Waals surface area contributed by atoms with E-state index in [9.17, 15) is 22.8 Å². The van der Waals surface area contributed by atoms with Crippen LogP contribution in [-0.4, -0.2) is 51.6 Å². The zero-order chi connectivity index (χ0) is 21.2. The summed E-state index contributed by atoms with van der Waals surface area (Å²) in [5, 5.41) is 3.27. The van der Waals surface area contributed by atoms with Gasteiger partial charge in [-0.2, -0.15) is 0 Å². The van der Waals surface area contributed by atoms with Crippen molar-refractivity contribution >= 4 is 32.7 Å². The molecule has 2 aromatic rings. The summed E-state index contributed by atoms with van der Waals surface area (Å²) < 4.78 is 38.2. The van der Waals surface area contributed by atoms with Gasteiger partial charge in [-0.1, -0.05) is 0 Å². The SMILES string of the molecule is COC(=O)Cc1c(C)c2ccc(OCC(=O)N[C@H]3CCS(=O)(=O)C3)cc2oc1=O. The number of esters is 1. The van der Waals surface area contributed by atoms with E-state index in [0.29, 0.717) is 23.1 Å². The van der Waals surface area contributed by atoms with E-state index in [1.807, 2.05) is 0 Å². The fraction of sp³-hybridized carbons (Fsp3) is 0.421. The molecule has 0 radical (unpaired) electrons. The predicted molar refractivity (Wildman–Crippen MR) is 104 cm³/mol. The van der Waals surface area contributed by atoms with E-state index in [-0.39, 0.29) is 35.7 Å². The van der Waals surface area contributed by atoms with Crippen molar-refractivity contribution in [2.75, 3.05) is 25.2 Å². The molecule has 0 bridgehead atoms. The number of hydrogen-bond donors (Lipinski definition) is 1. The molecule has 0 saturated carbocycles. The molecule has 0 spiro atoms. The summed E-state index contributed by atoms with van der Waals surface area (Å²) in [7, 11) is -1.84. The average molecular weight is 423 g/mol. The summed E-state index contributed by atoms with van der Waals surface area (Å²) in [5.74, 6) is -0.652. The highest BCUT2D eigenvalue weighted by Gasteiger charge is 2.28. The summed E-state index contributed by atoms with van der Waals surface area (Å²) in [5.41, 5.74) is 0.455. The van der Waals surface area contributed by atoms with Gasteiger partial charge >= 0.3 is 11.6 Å². The number of rotatable bonds is 6. The summed E-state index contributed by atoms with van der Waals surface area (Å²) in [6.07, 6.45) is 0.207. The van der Waals surface area contributed by atoms with Gasteiger partial charge in [0.2, 0.25) is 0 Å². The smallest absolute Gasteiger partial charge is 0.340 e. The van der Waals surface area contributed by atoms with Crippen LogP contribution in [0.15, 0.2) is 27.4 Å². The van der Waals surface area contributed by atoms with Gasteiger partial charge in [0.1, 0.15) is 11.3 Å². The molecular weight excluding hydrogens is 402 g/mol. The minimum atomic E-state index is -3.08. The Hall–Kier alpha value is -2.88. The number of hydrogen-bond acceptors (Lipinski definition) is 8. The van der Waals surface area contributed by atoms with Crippen LogP contribution in [0.2, 0.25) is 0 Å². The second-order valence-electron chi connectivity index (χ2n) is 6.86. The number of fused-ring (bicyclic) bond motifs is 1. The Kier molecular flexibility index (Phi) is 5.92. The Morgan fingerprint density at radius 1 is 1.31 bits per heavy atom. The average Bonchev–Trinajstić information content (AvgIpc) is 3.01. The minimum absolute atomic E-state index is 0.0624. The number of ether oxygens (including phenoxy) is 2. The van der Waals surface area contributed by atoms with Crippen molar-refractivity contribution in [2.24, 2.45) is 0 Å².